The van der Waals surface area contributed by atoms with Gasteiger partial charge in [-0.3, -0.25) is 4.79 Å². The number of hydrogen-bond acceptors (Lipinski definition) is 4. The Hall–Kier alpha value is -2.05. The van der Waals surface area contributed by atoms with E-state index in [1.807, 2.05) is 43.3 Å². The smallest absolute Gasteiger partial charge is 0.224 e. The third-order valence-electron chi connectivity index (χ3n) is 3.93. The predicted molar refractivity (Wildman–Crippen MR) is 108 cm³/mol. The van der Waals surface area contributed by atoms with Gasteiger partial charge in [0, 0.05) is 41.3 Å². The molecule has 2 aromatic carbocycles. The molecular formula is C20H25BrN2O3. The lowest BCUT2D eigenvalue weighted by molar-refractivity contribution is -0.116. The minimum Gasteiger partial charge on any atom is -0.497 e. The van der Waals surface area contributed by atoms with Gasteiger partial charge in [0.05, 0.1) is 14.2 Å². The molecule has 0 aliphatic heterocycles. The average molecular weight is 421 g/mol. The number of methoxy groups -OCH3 is 2. The van der Waals surface area contributed by atoms with E-state index >= 15 is 0 Å². The Kier molecular flexibility index (Phi) is 7.94. The van der Waals surface area contributed by atoms with Crippen molar-refractivity contribution in [3.05, 3.63) is 52.0 Å². The highest BCUT2D eigenvalue weighted by Crippen LogP contribution is 2.32. The number of ether oxygens (including phenoxy) is 2. The molecule has 0 fully saturated rings. The van der Waals surface area contributed by atoms with Crippen LogP contribution in [0.1, 0.15) is 30.9 Å². The van der Waals surface area contributed by atoms with Crippen molar-refractivity contribution >= 4 is 27.5 Å². The Bertz CT molecular complexity index is 733. The number of rotatable bonds is 9. The normalized spacial score (nSPS) is 10.5. The molecule has 26 heavy (non-hydrogen) atoms. The van der Waals surface area contributed by atoms with Crippen molar-refractivity contribution < 1.29 is 14.3 Å². The molecule has 5 nitrogen and oxygen atoms in total. The number of carbonyl (C=O) groups excluding carboxylic acids is 1. The fourth-order valence-electron chi connectivity index (χ4n) is 2.55. The lowest BCUT2D eigenvalue weighted by Gasteiger charge is -2.14. The number of benzene rings is 2. The number of halogens is 1. The summed E-state index contributed by atoms with van der Waals surface area (Å²) in [6.07, 6.45) is 1.39. The van der Waals surface area contributed by atoms with E-state index in [0.29, 0.717) is 19.5 Å². The SMILES string of the molecule is CCCC(=O)Nc1ccc(CNCc2c(Br)cc(OC)cc2OC)cc1. The van der Waals surface area contributed by atoms with Crippen LogP contribution < -0.4 is 20.1 Å². The summed E-state index contributed by atoms with van der Waals surface area (Å²) in [5, 5.41) is 6.30. The number of carbonyl (C=O) groups is 1. The molecule has 0 saturated heterocycles. The summed E-state index contributed by atoms with van der Waals surface area (Å²) in [7, 11) is 3.28. The van der Waals surface area contributed by atoms with Gasteiger partial charge in [-0.25, -0.2) is 0 Å². The third-order valence-corrected chi connectivity index (χ3v) is 4.64. The maximum atomic E-state index is 11.6. The summed E-state index contributed by atoms with van der Waals surface area (Å²) in [6.45, 7) is 3.36. The summed E-state index contributed by atoms with van der Waals surface area (Å²) < 4.78 is 11.7. The summed E-state index contributed by atoms with van der Waals surface area (Å²) in [5.74, 6) is 1.57. The maximum absolute atomic E-state index is 11.6. The highest BCUT2D eigenvalue weighted by molar-refractivity contribution is 9.10. The lowest BCUT2D eigenvalue weighted by Crippen LogP contribution is -2.14. The van der Waals surface area contributed by atoms with E-state index in [0.717, 1.165) is 39.2 Å². The zero-order chi connectivity index (χ0) is 18.9. The van der Waals surface area contributed by atoms with E-state index in [4.69, 9.17) is 9.47 Å². The van der Waals surface area contributed by atoms with Crippen LogP contribution in [0.25, 0.3) is 0 Å². The Morgan fingerprint density at radius 2 is 1.81 bits per heavy atom. The van der Waals surface area contributed by atoms with Gasteiger partial charge in [-0.2, -0.15) is 0 Å². The second-order valence-electron chi connectivity index (χ2n) is 5.89. The Labute approximate surface area is 163 Å². The molecule has 0 radical (unpaired) electrons. The van der Waals surface area contributed by atoms with Gasteiger partial charge < -0.3 is 20.1 Å². The first kappa shape index (κ1) is 20.3. The van der Waals surface area contributed by atoms with Crippen LogP contribution in [-0.4, -0.2) is 20.1 Å². The molecule has 0 saturated carbocycles. The van der Waals surface area contributed by atoms with Gasteiger partial charge in [0.25, 0.3) is 0 Å². The minimum absolute atomic E-state index is 0.0508. The second kappa shape index (κ2) is 10.2. The molecule has 1 amide bonds. The van der Waals surface area contributed by atoms with E-state index in [9.17, 15) is 4.79 Å². The quantitative estimate of drug-likeness (QED) is 0.626. The summed E-state index contributed by atoms with van der Waals surface area (Å²) in [6, 6.07) is 11.7. The van der Waals surface area contributed by atoms with Gasteiger partial charge in [0.2, 0.25) is 5.91 Å². The number of nitrogens with one attached hydrogen (secondary N) is 2. The van der Waals surface area contributed by atoms with Crippen molar-refractivity contribution in [2.24, 2.45) is 0 Å². The first-order valence-electron chi connectivity index (χ1n) is 8.57. The second-order valence-corrected chi connectivity index (χ2v) is 6.74. The van der Waals surface area contributed by atoms with Gasteiger partial charge in [-0.05, 0) is 30.2 Å². The molecule has 0 aromatic heterocycles. The highest BCUT2D eigenvalue weighted by Gasteiger charge is 2.10. The zero-order valence-electron chi connectivity index (χ0n) is 15.4. The van der Waals surface area contributed by atoms with Crippen LogP contribution in [-0.2, 0) is 17.9 Å². The molecule has 140 valence electrons. The molecule has 0 bridgehead atoms. The highest BCUT2D eigenvalue weighted by atomic mass is 79.9. The molecule has 0 heterocycles. The standard InChI is InChI=1S/C20H25BrN2O3/c1-4-5-20(24)23-15-8-6-14(7-9-15)12-22-13-17-18(21)10-16(25-2)11-19(17)26-3/h6-11,22H,4-5,12-13H2,1-3H3,(H,23,24). The van der Waals surface area contributed by atoms with Gasteiger partial charge in [-0.15, -0.1) is 0 Å². The van der Waals surface area contributed by atoms with E-state index in [1.54, 1.807) is 14.2 Å². The first-order valence-corrected chi connectivity index (χ1v) is 9.36. The fraction of sp³-hybridized carbons (Fsp3) is 0.350. The fourth-order valence-corrected chi connectivity index (χ4v) is 3.11. The maximum Gasteiger partial charge on any atom is 0.224 e. The molecule has 0 atom stereocenters. The minimum atomic E-state index is 0.0508. The van der Waals surface area contributed by atoms with E-state index in [-0.39, 0.29) is 5.91 Å². The molecular weight excluding hydrogens is 396 g/mol. The number of anilines is 1. The van der Waals surface area contributed by atoms with Gasteiger partial charge in [0.1, 0.15) is 11.5 Å². The Balaban J connectivity index is 1.93. The largest absolute Gasteiger partial charge is 0.497 e. The third kappa shape index (κ3) is 5.75. The van der Waals surface area contributed by atoms with Crippen molar-refractivity contribution in [2.75, 3.05) is 19.5 Å². The van der Waals surface area contributed by atoms with Crippen LogP contribution in [0.2, 0.25) is 0 Å². The molecule has 2 aromatic rings. The molecule has 6 heteroatoms. The Morgan fingerprint density at radius 1 is 1.08 bits per heavy atom. The first-order chi connectivity index (χ1) is 12.6. The van der Waals surface area contributed by atoms with Crippen LogP contribution in [0, 0.1) is 0 Å². The van der Waals surface area contributed by atoms with Crippen molar-refractivity contribution in [3.63, 3.8) is 0 Å². The zero-order valence-corrected chi connectivity index (χ0v) is 17.0. The van der Waals surface area contributed by atoms with Crippen molar-refractivity contribution in [2.45, 2.75) is 32.9 Å². The molecule has 0 aliphatic carbocycles. The molecule has 0 aliphatic rings. The van der Waals surface area contributed by atoms with E-state index < -0.39 is 0 Å². The molecule has 2 N–H and O–H groups in total. The average Bonchev–Trinajstić information content (AvgIpc) is 2.64. The van der Waals surface area contributed by atoms with Gasteiger partial charge >= 0.3 is 0 Å². The molecule has 0 spiro atoms. The van der Waals surface area contributed by atoms with Crippen molar-refractivity contribution in [3.8, 4) is 11.5 Å². The lowest BCUT2D eigenvalue weighted by atomic mass is 10.1. The molecule has 2 rings (SSSR count). The van der Waals surface area contributed by atoms with Crippen LogP contribution in [0.4, 0.5) is 5.69 Å². The van der Waals surface area contributed by atoms with E-state index in [2.05, 4.69) is 26.6 Å². The van der Waals surface area contributed by atoms with Gasteiger partial charge in [0.15, 0.2) is 0 Å². The van der Waals surface area contributed by atoms with Crippen LogP contribution in [0.5, 0.6) is 11.5 Å². The summed E-state index contributed by atoms with van der Waals surface area (Å²) >= 11 is 3.57. The summed E-state index contributed by atoms with van der Waals surface area (Å²) in [5.41, 5.74) is 3.01. The molecule has 0 unspecified atom stereocenters. The van der Waals surface area contributed by atoms with Crippen molar-refractivity contribution in [1.82, 2.24) is 5.32 Å². The van der Waals surface area contributed by atoms with Gasteiger partial charge in [-0.1, -0.05) is 35.0 Å². The van der Waals surface area contributed by atoms with E-state index in [1.165, 1.54) is 0 Å². The summed E-state index contributed by atoms with van der Waals surface area (Å²) in [4.78, 5) is 11.6. The van der Waals surface area contributed by atoms with Crippen molar-refractivity contribution in [1.29, 1.82) is 0 Å². The monoisotopic (exact) mass is 420 g/mol. The van der Waals surface area contributed by atoms with Crippen LogP contribution >= 0.6 is 15.9 Å². The number of amides is 1. The Morgan fingerprint density at radius 3 is 2.42 bits per heavy atom. The number of hydrogen-bond donors (Lipinski definition) is 2. The predicted octanol–water partition coefficient (Wildman–Crippen LogP) is 4.49. The van der Waals surface area contributed by atoms with Crippen LogP contribution in [0.3, 0.4) is 0 Å². The van der Waals surface area contributed by atoms with Crippen LogP contribution in [0.15, 0.2) is 40.9 Å². The topological polar surface area (TPSA) is 59.6 Å².